The van der Waals surface area contributed by atoms with Gasteiger partial charge in [0, 0.05) is 12.0 Å². The van der Waals surface area contributed by atoms with Gasteiger partial charge in [0.1, 0.15) is 12.3 Å². The van der Waals surface area contributed by atoms with Crippen LogP contribution in [-0.2, 0) is 13.0 Å². The molecule has 0 bridgehead atoms. The van der Waals surface area contributed by atoms with Gasteiger partial charge >= 0.3 is 0 Å². The maximum atomic E-state index is 13.0. The first kappa shape index (κ1) is 14.5. The van der Waals surface area contributed by atoms with Crippen LogP contribution < -0.4 is 10.1 Å². The molecule has 0 saturated carbocycles. The molecule has 20 heavy (non-hydrogen) atoms. The molecule has 106 valence electrons. The van der Waals surface area contributed by atoms with E-state index < -0.39 is 11.6 Å². The first-order chi connectivity index (χ1) is 9.69. The van der Waals surface area contributed by atoms with Gasteiger partial charge in [0.2, 0.25) is 0 Å². The molecule has 2 aromatic carbocycles. The van der Waals surface area contributed by atoms with Crippen molar-refractivity contribution in [2.45, 2.75) is 13.0 Å². The molecule has 0 aliphatic carbocycles. The highest BCUT2D eigenvalue weighted by atomic mass is 19.2. The fraction of sp³-hybridized carbons (Fsp3) is 0.250. The Bertz CT molecular complexity index is 555. The molecule has 2 N–H and O–H groups in total. The molecule has 0 aliphatic heterocycles. The first-order valence-corrected chi connectivity index (χ1v) is 6.57. The minimum Gasteiger partial charge on any atom is -0.497 e. The molecule has 2 nitrogen and oxygen atoms in total. The van der Waals surface area contributed by atoms with E-state index >= 15 is 0 Å². The van der Waals surface area contributed by atoms with Gasteiger partial charge in [-0.2, -0.15) is 0 Å². The Balaban J connectivity index is 1.76. The number of ether oxygens (including phenoxy) is 1. The number of methoxy groups -OCH3 is 1. The lowest BCUT2D eigenvalue weighted by Crippen LogP contribution is -2.83. The van der Waals surface area contributed by atoms with Gasteiger partial charge in [-0.05, 0) is 29.8 Å². The quantitative estimate of drug-likeness (QED) is 0.806. The summed E-state index contributed by atoms with van der Waals surface area (Å²) in [6.45, 7) is 1.54. The van der Waals surface area contributed by atoms with Crippen molar-refractivity contribution in [1.82, 2.24) is 0 Å². The number of rotatable bonds is 6. The van der Waals surface area contributed by atoms with E-state index in [0.717, 1.165) is 24.3 Å². The van der Waals surface area contributed by atoms with Gasteiger partial charge < -0.3 is 10.1 Å². The summed E-state index contributed by atoms with van der Waals surface area (Å²) in [5.74, 6) is -0.738. The number of halogens is 2. The monoisotopic (exact) mass is 278 g/mol. The van der Waals surface area contributed by atoms with E-state index in [4.69, 9.17) is 4.74 Å². The van der Waals surface area contributed by atoms with Crippen molar-refractivity contribution in [2.75, 3.05) is 13.7 Å². The highest BCUT2D eigenvalue weighted by molar-refractivity contribution is 5.27. The molecular formula is C16H18F2NO+. The van der Waals surface area contributed by atoms with Crippen LogP contribution in [0.2, 0.25) is 0 Å². The van der Waals surface area contributed by atoms with Crippen molar-refractivity contribution in [3.05, 3.63) is 65.2 Å². The highest BCUT2D eigenvalue weighted by Gasteiger charge is 2.03. The predicted molar refractivity (Wildman–Crippen MR) is 73.6 cm³/mol. The molecule has 0 atom stereocenters. The topological polar surface area (TPSA) is 25.8 Å². The third kappa shape index (κ3) is 4.03. The van der Waals surface area contributed by atoms with Crippen molar-refractivity contribution in [3.63, 3.8) is 0 Å². The zero-order chi connectivity index (χ0) is 14.4. The van der Waals surface area contributed by atoms with E-state index in [9.17, 15) is 8.78 Å². The Morgan fingerprint density at radius 1 is 0.950 bits per heavy atom. The zero-order valence-electron chi connectivity index (χ0n) is 11.4. The fourth-order valence-electron chi connectivity index (χ4n) is 2.00. The van der Waals surface area contributed by atoms with Gasteiger partial charge in [0.15, 0.2) is 11.6 Å². The molecule has 4 heteroatoms. The summed E-state index contributed by atoms with van der Waals surface area (Å²) >= 11 is 0. The maximum absolute atomic E-state index is 13.0. The summed E-state index contributed by atoms with van der Waals surface area (Å²) in [5, 5.41) is 2.08. The van der Waals surface area contributed by atoms with Crippen molar-refractivity contribution in [2.24, 2.45) is 0 Å². The SMILES string of the molecule is COc1ccc(CC[NH2+]Cc2ccc(F)c(F)c2)cc1. The standard InChI is InChI=1S/C16H17F2NO/c1-20-14-5-2-12(3-6-14)8-9-19-11-13-4-7-15(17)16(18)10-13/h2-7,10,19H,8-9,11H2,1H3/p+1. The number of quaternary nitrogens is 1. The van der Waals surface area contributed by atoms with Crippen LogP contribution in [0.25, 0.3) is 0 Å². The van der Waals surface area contributed by atoms with Gasteiger partial charge in [-0.15, -0.1) is 0 Å². The molecule has 0 fully saturated rings. The minimum absolute atomic E-state index is 0.646. The molecular weight excluding hydrogens is 260 g/mol. The molecule has 0 saturated heterocycles. The number of benzene rings is 2. The minimum atomic E-state index is -0.799. The lowest BCUT2D eigenvalue weighted by molar-refractivity contribution is -0.670. The van der Waals surface area contributed by atoms with Crippen LogP contribution in [-0.4, -0.2) is 13.7 Å². The maximum Gasteiger partial charge on any atom is 0.159 e. The van der Waals surface area contributed by atoms with Gasteiger partial charge in [0.05, 0.1) is 13.7 Å². The number of hydrogen-bond acceptors (Lipinski definition) is 1. The van der Waals surface area contributed by atoms with Crippen LogP contribution in [0.3, 0.4) is 0 Å². The third-order valence-corrected chi connectivity index (χ3v) is 3.16. The largest absolute Gasteiger partial charge is 0.497 e. The third-order valence-electron chi connectivity index (χ3n) is 3.16. The van der Waals surface area contributed by atoms with Gasteiger partial charge in [0.25, 0.3) is 0 Å². The second-order valence-electron chi connectivity index (χ2n) is 4.63. The Kier molecular flexibility index (Phi) is 5.07. The van der Waals surface area contributed by atoms with Crippen molar-refractivity contribution >= 4 is 0 Å². The zero-order valence-corrected chi connectivity index (χ0v) is 11.4. The Labute approximate surface area is 117 Å². The van der Waals surface area contributed by atoms with E-state index in [1.165, 1.54) is 17.7 Å². The molecule has 0 unspecified atom stereocenters. The average Bonchev–Trinajstić information content (AvgIpc) is 2.48. The fourth-order valence-corrected chi connectivity index (χ4v) is 2.00. The molecule has 2 rings (SSSR count). The first-order valence-electron chi connectivity index (χ1n) is 6.57. The Morgan fingerprint density at radius 3 is 2.30 bits per heavy atom. The Morgan fingerprint density at radius 2 is 1.65 bits per heavy atom. The van der Waals surface area contributed by atoms with Crippen LogP contribution in [0.4, 0.5) is 8.78 Å². The number of nitrogens with two attached hydrogens (primary N) is 1. The molecule has 0 spiro atoms. The summed E-state index contributed by atoms with van der Waals surface area (Å²) in [4.78, 5) is 0. The van der Waals surface area contributed by atoms with E-state index in [-0.39, 0.29) is 0 Å². The summed E-state index contributed by atoms with van der Waals surface area (Å²) in [5.41, 5.74) is 2.02. The summed E-state index contributed by atoms with van der Waals surface area (Å²) < 4.78 is 30.9. The van der Waals surface area contributed by atoms with E-state index in [1.54, 1.807) is 13.2 Å². The van der Waals surface area contributed by atoms with Crippen LogP contribution >= 0.6 is 0 Å². The predicted octanol–water partition coefficient (Wildman–Crippen LogP) is 2.28. The van der Waals surface area contributed by atoms with Crippen LogP contribution in [0.1, 0.15) is 11.1 Å². The summed E-state index contributed by atoms with van der Waals surface area (Å²) in [6, 6.07) is 12.0. The van der Waals surface area contributed by atoms with Crippen LogP contribution in [0, 0.1) is 11.6 Å². The number of hydrogen-bond donors (Lipinski definition) is 1. The molecule has 0 radical (unpaired) electrons. The smallest absolute Gasteiger partial charge is 0.159 e. The second-order valence-corrected chi connectivity index (χ2v) is 4.63. The lowest BCUT2D eigenvalue weighted by Gasteiger charge is -2.04. The molecule has 0 aliphatic rings. The van der Waals surface area contributed by atoms with Crippen molar-refractivity contribution in [3.8, 4) is 5.75 Å². The normalized spacial score (nSPS) is 10.6. The summed E-state index contributed by atoms with van der Waals surface area (Å²) in [6.07, 6.45) is 0.924. The second kappa shape index (κ2) is 7.01. The molecule has 2 aromatic rings. The molecule has 0 aromatic heterocycles. The average molecular weight is 278 g/mol. The molecule has 0 heterocycles. The van der Waals surface area contributed by atoms with E-state index in [2.05, 4.69) is 5.32 Å². The Hall–Kier alpha value is -1.94. The van der Waals surface area contributed by atoms with Gasteiger partial charge in [-0.1, -0.05) is 18.2 Å². The van der Waals surface area contributed by atoms with Gasteiger partial charge in [-0.3, -0.25) is 0 Å². The van der Waals surface area contributed by atoms with E-state index in [0.29, 0.717) is 6.54 Å². The van der Waals surface area contributed by atoms with Gasteiger partial charge in [-0.25, -0.2) is 8.78 Å². The highest BCUT2D eigenvalue weighted by Crippen LogP contribution is 2.11. The summed E-state index contributed by atoms with van der Waals surface area (Å²) in [7, 11) is 1.64. The van der Waals surface area contributed by atoms with Crippen LogP contribution in [0.15, 0.2) is 42.5 Å². The molecule has 0 amide bonds. The van der Waals surface area contributed by atoms with E-state index in [1.807, 2.05) is 24.3 Å². The van der Waals surface area contributed by atoms with Crippen LogP contribution in [0.5, 0.6) is 5.75 Å². The van der Waals surface area contributed by atoms with Crippen molar-refractivity contribution in [1.29, 1.82) is 0 Å². The van der Waals surface area contributed by atoms with Crippen molar-refractivity contribution < 1.29 is 18.8 Å². The lowest BCUT2D eigenvalue weighted by atomic mass is 10.1.